The van der Waals surface area contributed by atoms with E-state index < -0.39 is 17.9 Å². The molecule has 3 unspecified atom stereocenters. The van der Waals surface area contributed by atoms with Crippen molar-refractivity contribution in [1.29, 1.82) is 0 Å². The van der Waals surface area contributed by atoms with Crippen molar-refractivity contribution in [2.75, 3.05) is 20.8 Å². The Kier molecular flexibility index (Phi) is 13.0. The summed E-state index contributed by atoms with van der Waals surface area (Å²) >= 11 is 0. The molecular formula is C42H53N3O7. The molecule has 3 atom stereocenters. The summed E-state index contributed by atoms with van der Waals surface area (Å²) in [6.07, 6.45) is 3.07. The molecule has 0 aliphatic heterocycles. The molecule has 278 valence electrons. The minimum absolute atomic E-state index is 0.000546. The molecule has 0 spiro atoms. The van der Waals surface area contributed by atoms with Gasteiger partial charge in [0.25, 0.3) is 5.69 Å². The standard InChI is InChI=1S/C42H53N3O7/c1-25(2)21-27(5)22-28(6)32(42(7,8)23-26(3)4)24-51-40(47)33-34(43-9)38(52-31-19-17-30(18-20-31)39(46)49-10)45-36(29-15-13-12-14-16-29)35(41(48)50-11)44-37(33)45/h12-20,25-28,32,44H,21-24H2,1-8,10-11H3. The Balaban J connectivity index is 1.86. The molecule has 2 aromatic carbocycles. The molecule has 52 heavy (non-hydrogen) atoms. The number of hydrogen-bond acceptors (Lipinski definition) is 7. The highest BCUT2D eigenvalue weighted by Gasteiger charge is 2.38. The number of ether oxygens (including phenoxy) is 4. The minimum Gasteiger partial charge on any atom is -0.465 e. The van der Waals surface area contributed by atoms with Gasteiger partial charge in [0.2, 0.25) is 5.88 Å². The summed E-state index contributed by atoms with van der Waals surface area (Å²) in [6.45, 7) is 26.3. The molecule has 2 heterocycles. The van der Waals surface area contributed by atoms with Crippen LogP contribution < -0.4 is 4.74 Å². The molecule has 0 fully saturated rings. The lowest BCUT2D eigenvalue weighted by Gasteiger charge is -2.40. The van der Waals surface area contributed by atoms with Gasteiger partial charge in [-0.05, 0) is 72.6 Å². The van der Waals surface area contributed by atoms with Crippen LogP contribution in [0.1, 0.15) is 106 Å². The first-order chi connectivity index (χ1) is 24.6. The summed E-state index contributed by atoms with van der Waals surface area (Å²) in [5.74, 6) is 0.254. The number of carbonyl (C=O) groups excluding carboxylic acids is 3. The third-order valence-electron chi connectivity index (χ3n) is 9.72. The number of benzene rings is 2. The van der Waals surface area contributed by atoms with Gasteiger partial charge in [-0.15, -0.1) is 0 Å². The van der Waals surface area contributed by atoms with Gasteiger partial charge in [-0.3, -0.25) is 4.40 Å². The van der Waals surface area contributed by atoms with Crippen LogP contribution in [0.5, 0.6) is 11.6 Å². The predicted octanol–water partition coefficient (Wildman–Crippen LogP) is 10.4. The summed E-state index contributed by atoms with van der Waals surface area (Å²) in [4.78, 5) is 46.6. The van der Waals surface area contributed by atoms with Crippen LogP contribution in [-0.2, 0) is 14.2 Å². The van der Waals surface area contributed by atoms with Crippen LogP contribution in [-0.4, -0.2) is 48.1 Å². The molecule has 0 saturated carbocycles. The highest BCUT2D eigenvalue weighted by molar-refractivity contribution is 6.07. The van der Waals surface area contributed by atoms with E-state index in [-0.39, 0.29) is 58.1 Å². The fourth-order valence-electron chi connectivity index (χ4n) is 7.86. The second-order valence-corrected chi connectivity index (χ2v) is 15.4. The van der Waals surface area contributed by atoms with E-state index >= 15 is 0 Å². The number of nitrogens with one attached hydrogen (secondary N) is 1. The Labute approximate surface area is 307 Å². The van der Waals surface area contributed by atoms with Crippen LogP contribution >= 0.6 is 0 Å². The van der Waals surface area contributed by atoms with Crippen LogP contribution in [0.3, 0.4) is 0 Å². The second kappa shape index (κ2) is 17.0. The Bertz CT molecular complexity index is 1900. The lowest BCUT2D eigenvalue weighted by atomic mass is 9.67. The predicted molar refractivity (Wildman–Crippen MR) is 202 cm³/mol. The van der Waals surface area contributed by atoms with Crippen LogP contribution in [0.15, 0.2) is 54.6 Å². The van der Waals surface area contributed by atoms with Crippen LogP contribution in [0.4, 0.5) is 5.69 Å². The third kappa shape index (κ3) is 8.87. The first-order valence-electron chi connectivity index (χ1n) is 18.0. The molecule has 2 aromatic heterocycles. The first-order valence-corrected chi connectivity index (χ1v) is 18.0. The van der Waals surface area contributed by atoms with E-state index in [0.29, 0.717) is 34.6 Å². The van der Waals surface area contributed by atoms with Crippen molar-refractivity contribution in [2.24, 2.45) is 35.0 Å². The highest BCUT2D eigenvalue weighted by atomic mass is 16.5. The highest BCUT2D eigenvalue weighted by Crippen LogP contribution is 2.45. The summed E-state index contributed by atoms with van der Waals surface area (Å²) in [5.41, 5.74) is 1.23. The molecule has 0 bridgehead atoms. The maximum Gasteiger partial charge on any atom is 0.356 e. The number of H-pyrrole nitrogens is 1. The lowest BCUT2D eigenvalue weighted by Crippen LogP contribution is -2.36. The van der Waals surface area contributed by atoms with Crippen molar-refractivity contribution >= 4 is 29.2 Å². The number of aromatic amines is 1. The van der Waals surface area contributed by atoms with E-state index in [1.165, 1.54) is 26.4 Å². The zero-order valence-electron chi connectivity index (χ0n) is 32.2. The van der Waals surface area contributed by atoms with Crippen LogP contribution in [0.25, 0.3) is 21.7 Å². The largest absolute Gasteiger partial charge is 0.465 e. The summed E-state index contributed by atoms with van der Waals surface area (Å²) in [7, 11) is 2.57. The number of fused-ring (bicyclic) bond motifs is 1. The van der Waals surface area contributed by atoms with Gasteiger partial charge in [0.1, 0.15) is 17.0 Å². The van der Waals surface area contributed by atoms with E-state index in [2.05, 4.69) is 65.2 Å². The molecule has 0 aliphatic rings. The molecule has 10 heteroatoms. The van der Waals surface area contributed by atoms with Gasteiger partial charge < -0.3 is 23.9 Å². The van der Waals surface area contributed by atoms with E-state index in [1.54, 1.807) is 16.5 Å². The maximum atomic E-state index is 14.4. The van der Waals surface area contributed by atoms with Crippen molar-refractivity contribution in [3.05, 3.63) is 82.8 Å². The topological polar surface area (TPSA) is 113 Å². The molecule has 4 rings (SSSR count). The molecule has 0 radical (unpaired) electrons. The number of nitrogens with zero attached hydrogens (tertiary/aromatic N) is 2. The lowest BCUT2D eigenvalue weighted by molar-refractivity contribution is 0.00965. The van der Waals surface area contributed by atoms with Gasteiger partial charge in [0.05, 0.1) is 38.7 Å². The number of rotatable bonds is 16. The van der Waals surface area contributed by atoms with Gasteiger partial charge in [-0.1, -0.05) is 85.7 Å². The Morgan fingerprint density at radius 2 is 1.48 bits per heavy atom. The van der Waals surface area contributed by atoms with Crippen molar-refractivity contribution in [3.8, 4) is 22.9 Å². The Morgan fingerprint density at radius 1 is 0.846 bits per heavy atom. The second-order valence-electron chi connectivity index (χ2n) is 15.4. The number of imidazole rings is 1. The zero-order valence-corrected chi connectivity index (χ0v) is 32.2. The van der Waals surface area contributed by atoms with E-state index in [9.17, 15) is 14.4 Å². The Morgan fingerprint density at radius 3 is 2.04 bits per heavy atom. The average molecular weight is 712 g/mol. The van der Waals surface area contributed by atoms with Crippen molar-refractivity contribution in [1.82, 2.24) is 9.38 Å². The normalized spacial score (nSPS) is 13.4. The van der Waals surface area contributed by atoms with Crippen molar-refractivity contribution in [2.45, 2.75) is 74.7 Å². The van der Waals surface area contributed by atoms with Crippen LogP contribution in [0.2, 0.25) is 0 Å². The fourth-order valence-corrected chi connectivity index (χ4v) is 7.86. The molecule has 1 N–H and O–H groups in total. The van der Waals surface area contributed by atoms with Gasteiger partial charge in [-0.2, -0.15) is 0 Å². The summed E-state index contributed by atoms with van der Waals surface area (Å²) < 4.78 is 24.1. The van der Waals surface area contributed by atoms with E-state index in [4.69, 9.17) is 25.5 Å². The number of methoxy groups -OCH3 is 2. The SMILES string of the molecule is [C-]#[N+]c1c(C(=O)OCC(C(C)CC(C)CC(C)C)C(C)(C)CC(C)C)c2[nH]c(C(=O)OC)c(-c3ccccc3)n2c1Oc1ccc(C(=O)OC)cc1. The molecular weight excluding hydrogens is 658 g/mol. The molecule has 4 aromatic rings. The van der Waals surface area contributed by atoms with Gasteiger partial charge in [0.15, 0.2) is 5.69 Å². The quantitative estimate of drug-likeness (QED) is 0.0699. The zero-order chi connectivity index (χ0) is 38.3. The number of hydrogen-bond donors (Lipinski definition) is 1. The van der Waals surface area contributed by atoms with Gasteiger partial charge in [-0.25, -0.2) is 19.2 Å². The third-order valence-corrected chi connectivity index (χ3v) is 9.72. The fraction of sp³-hybridized carbons (Fsp3) is 0.476. The Hall–Kier alpha value is -5.04. The maximum absolute atomic E-state index is 14.4. The molecule has 0 aliphatic carbocycles. The average Bonchev–Trinajstić information content (AvgIpc) is 3.61. The molecule has 0 saturated heterocycles. The van der Waals surface area contributed by atoms with Crippen molar-refractivity contribution < 1.29 is 33.3 Å². The van der Waals surface area contributed by atoms with Crippen LogP contribution in [0, 0.1) is 41.6 Å². The first kappa shape index (κ1) is 39.7. The monoisotopic (exact) mass is 711 g/mol. The van der Waals surface area contributed by atoms with Gasteiger partial charge in [0, 0.05) is 11.5 Å². The van der Waals surface area contributed by atoms with Gasteiger partial charge >= 0.3 is 17.9 Å². The smallest absolute Gasteiger partial charge is 0.356 e. The van der Waals surface area contributed by atoms with Crippen molar-refractivity contribution in [3.63, 3.8) is 0 Å². The number of esters is 3. The molecule has 10 nitrogen and oxygen atoms in total. The molecule has 0 amide bonds. The van der Waals surface area contributed by atoms with E-state index in [1.807, 2.05) is 30.3 Å². The number of carbonyl (C=O) groups is 3. The number of aromatic nitrogens is 2. The minimum atomic E-state index is -0.704. The van der Waals surface area contributed by atoms with E-state index in [0.717, 1.165) is 19.3 Å². The summed E-state index contributed by atoms with van der Waals surface area (Å²) in [6, 6.07) is 15.3. The summed E-state index contributed by atoms with van der Waals surface area (Å²) in [5, 5.41) is 0.